The summed E-state index contributed by atoms with van der Waals surface area (Å²) in [7, 11) is 0. The Labute approximate surface area is 210 Å². The number of nitrogens with zero attached hydrogens (tertiary/aromatic N) is 4. The summed E-state index contributed by atoms with van der Waals surface area (Å²) in [6.07, 6.45) is 4.01. The molecule has 9 nitrogen and oxygen atoms in total. The van der Waals surface area contributed by atoms with E-state index >= 15 is 0 Å². The molecule has 0 aliphatic carbocycles. The maximum absolute atomic E-state index is 15.0. The van der Waals surface area contributed by atoms with Crippen LogP contribution in [0.2, 0.25) is 0 Å². The number of carbonyl (C=O) groups is 1. The number of morpholine rings is 1. The summed E-state index contributed by atoms with van der Waals surface area (Å²) in [4.78, 5) is 34.4. The van der Waals surface area contributed by atoms with Crippen LogP contribution >= 0.6 is 0 Å². The fourth-order valence-electron chi connectivity index (χ4n) is 4.03. The highest BCUT2D eigenvalue weighted by Crippen LogP contribution is 2.29. The number of rotatable bonds is 6. The number of nitrogens with one attached hydrogen (secondary N) is 2. The Balaban J connectivity index is 1.50. The second-order valence-electron chi connectivity index (χ2n) is 8.21. The third kappa shape index (κ3) is 4.89. The third-order valence-electron chi connectivity index (χ3n) is 5.87. The third-order valence-corrected chi connectivity index (χ3v) is 5.87. The molecular weight excluding hydrogens is 482 g/mol. The summed E-state index contributed by atoms with van der Waals surface area (Å²) in [6, 6.07) is 11.2. The maximum atomic E-state index is 15.0. The average molecular weight is 504 g/mol. The molecule has 0 saturated carbocycles. The molecule has 0 bridgehead atoms. The van der Waals surface area contributed by atoms with Crippen molar-refractivity contribution in [3.8, 4) is 5.69 Å². The minimum Gasteiger partial charge on any atom is -0.378 e. The molecule has 4 aromatic rings. The molecule has 1 amide bonds. The van der Waals surface area contributed by atoms with Gasteiger partial charge in [0.25, 0.3) is 0 Å². The normalized spacial score (nSPS) is 13.4. The number of ether oxygens (including phenoxy) is 1. The van der Waals surface area contributed by atoms with Gasteiger partial charge in [-0.05, 0) is 36.4 Å². The molecule has 1 fully saturated rings. The number of benzene rings is 2. The van der Waals surface area contributed by atoms with Crippen molar-refractivity contribution in [1.82, 2.24) is 14.5 Å². The molecule has 0 atom stereocenters. The first-order valence-corrected chi connectivity index (χ1v) is 11.4. The van der Waals surface area contributed by atoms with E-state index in [9.17, 15) is 18.4 Å². The lowest BCUT2D eigenvalue weighted by molar-refractivity contribution is -0.111. The zero-order valence-electron chi connectivity index (χ0n) is 19.6. The van der Waals surface area contributed by atoms with E-state index in [2.05, 4.69) is 27.2 Å². The Kier molecular flexibility index (Phi) is 6.60. The summed E-state index contributed by atoms with van der Waals surface area (Å²) in [6.45, 7) is 5.25. The van der Waals surface area contributed by atoms with Crippen LogP contribution in [0.4, 0.5) is 31.8 Å². The molecule has 5 rings (SSSR count). The van der Waals surface area contributed by atoms with E-state index in [0.29, 0.717) is 37.7 Å². The lowest BCUT2D eigenvalue weighted by atomic mass is 10.2. The highest BCUT2D eigenvalue weighted by Gasteiger charge is 2.21. The van der Waals surface area contributed by atoms with Crippen molar-refractivity contribution in [3.05, 3.63) is 89.4 Å². The number of amides is 1. The molecule has 1 aliphatic heterocycles. The average Bonchev–Trinajstić information content (AvgIpc) is 2.92. The van der Waals surface area contributed by atoms with Crippen LogP contribution in [0.25, 0.3) is 16.7 Å². The van der Waals surface area contributed by atoms with Gasteiger partial charge in [0.2, 0.25) is 11.9 Å². The summed E-state index contributed by atoms with van der Waals surface area (Å²) in [5.74, 6) is -2.45. The summed E-state index contributed by atoms with van der Waals surface area (Å²) in [5.41, 5.74) is 1.06. The predicted octanol–water partition coefficient (Wildman–Crippen LogP) is 3.76. The molecule has 2 aromatic carbocycles. The van der Waals surface area contributed by atoms with E-state index in [-0.39, 0.29) is 39.7 Å². The van der Waals surface area contributed by atoms with Gasteiger partial charge in [0, 0.05) is 42.9 Å². The van der Waals surface area contributed by atoms with Gasteiger partial charge in [-0.3, -0.25) is 9.59 Å². The standard InChI is InChI=1S/C26H22F2N6O3/c1-2-22(36)30-16-4-3-5-17(14-16)34-9-8-21(35)18-15-29-26(32-25(18)34)31-19-6-7-20(24(28)23(19)27)33-10-12-37-13-11-33/h2-9,14-15H,1,10-13H2,(H,30,36)(H,29,31,32). The number of hydrogen-bond acceptors (Lipinski definition) is 7. The molecule has 0 spiro atoms. The molecule has 11 heteroatoms. The number of aromatic nitrogens is 3. The molecule has 0 radical (unpaired) electrons. The van der Waals surface area contributed by atoms with Crippen molar-refractivity contribution < 1.29 is 18.3 Å². The van der Waals surface area contributed by atoms with Crippen molar-refractivity contribution in [3.63, 3.8) is 0 Å². The van der Waals surface area contributed by atoms with E-state index in [1.807, 2.05) is 0 Å². The Morgan fingerprint density at radius 3 is 2.70 bits per heavy atom. The van der Waals surface area contributed by atoms with Crippen LogP contribution in [0.5, 0.6) is 0 Å². The first-order chi connectivity index (χ1) is 17.9. The highest BCUT2D eigenvalue weighted by molar-refractivity contribution is 5.99. The van der Waals surface area contributed by atoms with Crippen molar-refractivity contribution >= 4 is 40.0 Å². The van der Waals surface area contributed by atoms with Crippen LogP contribution in [0.15, 0.2) is 72.3 Å². The molecule has 2 N–H and O–H groups in total. The van der Waals surface area contributed by atoms with Crippen molar-refractivity contribution in [2.24, 2.45) is 0 Å². The monoisotopic (exact) mass is 504 g/mol. The Morgan fingerprint density at radius 2 is 1.92 bits per heavy atom. The second-order valence-corrected chi connectivity index (χ2v) is 8.21. The fraction of sp³-hybridized carbons (Fsp3) is 0.154. The van der Waals surface area contributed by atoms with Crippen LogP contribution in [0, 0.1) is 11.6 Å². The van der Waals surface area contributed by atoms with Gasteiger partial charge in [0.05, 0.1) is 30.0 Å². The predicted molar refractivity (Wildman–Crippen MR) is 137 cm³/mol. The smallest absolute Gasteiger partial charge is 0.247 e. The Bertz CT molecular complexity index is 1570. The van der Waals surface area contributed by atoms with Gasteiger partial charge >= 0.3 is 0 Å². The number of carbonyl (C=O) groups excluding carboxylic acids is 1. The minimum absolute atomic E-state index is 0.0274. The molecule has 1 aliphatic rings. The van der Waals surface area contributed by atoms with Gasteiger partial charge in [0.15, 0.2) is 22.7 Å². The quantitative estimate of drug-likeness (QED) is 0.386. The van der Waals surface area contributed by atoms with Gasteiger partial charge < -0.3 is 24.8 Å². The summed E-state index contributed by atoms with van der Waals surface area (Å²) >= 11 is 0. The molecule has 37 heavy (non-hydrogen) atoms. The van der Waals surface area contributed by atoms with Crippen molar-refractivity contribution in [1.29, 1.82) is 0 Å². The van der Waals surface area contributed by atoms with Crippen LogP contribution in [-0.4, -0.2) is 46.7 Å². The number of halogens is 2. The van der Waals surface area contributed by atoms with Crippen LogP contribution < -0.4 is 21.0 Å². The van der Waals surface area contributed by atoms with Gasteiger partial charge in [-0.1, -0.05) is 12.6 Å². The molecule has 1 saturated heterocycles. The van der Waals surface area contributed by atoms with Gasteiger partial charge in [-0.15, -0.1) is 0 Å². The van der Waals surface area contributed by atoms with Crippen LogP contribution in [0.1, 0.15) is 0 Å². The number of fused-ring (bicyclic) bond motifs is 1. The van der Waals surface area contributed by atoms with E-state index in [1.165, 1.54) is 30.6 Å². The van der Waals surface area contributed by atoms with Crippen LogP contribution in [0.3, 0.4) is 0 Å². The van der Waals surface area contributed by atoms with E-state index < -0.39 is 11.6 Å². The first kappa shape index (κ1) is 24.1. The van der Waals surface area contributed by atoms with E-state index in [4.69, 9.17) is 4.74 Å². The summed E-state index contributed by atoms with van der Waals surface area (Å²) in [5, 5.41) is 5.62. The molecule has 2 aromatic heterocycles. The van der Waals surface area contributed by atoms with Crippen LogP contribution in [-0.2, 0) is 9.53 Å². The van der Waals surface area contributed by atoms with Gasteiger partial charge in [-0.2, -0.15) is 4.98 Å². The maximum Gasteiger partial charge on any atom is 0.247 e. The SMILES string of the molecule is C=CC(=O)Nc1cccc(-n2ccc(=O)c3cnc(Nc4ccc(N5CCOCC5)c(F)c4F)nc32)c1. The minimum atomic E-state index is -1.07. The van der Waals surface area contributed by atoms with Gasteiger partial charge in [-0.25, -0.2) is 13.8 Å². The fourth-order valence-corrected chi connectivity index (χ4v) is 4.03. The number of pyridine rings is 1. The molecule has 188 valence electrons. The van der Waals surface area contributed by atoms with Gasteiger partial charge in [0.1, 0.15) is 0 Å². The Morgan fingerprint density at radius 1 is 1.11 bits per heavy atom. The topological polar surface area (TPSA) is 101 Å². The number of hydrogen-bond donors (Lipinski definition) is 2. The zero-order chi connectivity index (χ0) is 25.9. The number of anilines is 4. The highest BCUT2D eigenvalue weighted by atomic mass is 19.2. The lowest BCUT2D eigenvalue weighted by Gasteiger charge is -2.29. The lowest BCUT2D eigenvalue weighted by Crippen LogP contribution is -2.36. The largest absolute Gasteiger partial charge is 0.378 e. The van der Waals surface area contributed by atoms with Crippen molar-refractivity contribution in [2.75, 3.05) is 41.8 Å². The van der Waals surface area contributed by atoms with E-state index in [0.717, 1.165) is 6.08 Å². The first-order valence-electron chi connectivity index (χ1n) is 11.4. The molecule has 0 unspecified atom stereocenters. The molecule has 3 heterocycles. The second kappa shape index (κ2) is 10.2. The Hall–Kier alpha value is -4.64. The molecular formula is C26H22F2N6O3. The van der Waals surface area contributed by atoms with Crippen molar-refractivity contribution in [2.45, 2.75) is 0 Å². The summed E-state index contributed by atoms with van der Waals surface area (Å²) < 4.78 is 36.7. The zero-order valence-corrected chi connectivity index (χ0v) is 19.6. The van der Waals surface area contributed by atoms with E-state index in [1.54, 1.807) is 33.7 Å².